The number of nitrogens with one attached hydrogen (secondary N) is 2. The monoisotopic (exact) mass is 466 g/mol. The number of benzene rings is 2. The van der Waals surface area contributed by atoms with Crippen LogP contribution in [-0.2, 0) is 9.53 Å². The summed E-state index contributed by atoms with van der Waals surface area (Å²) < 4.78 is 5.18. The molecule has 0 fully saturated rings. The largest absolute Gasteiger partial charge is 0.465 e. The van der Waals surface area contributed by atoms with Crippen LogP contribution < -0.4 is 10.6 Å². The molecule has 0 saturated carbocycles. The minimum Gasteiger partial charge on any atom is -0.465 e. The quantitative estimate of drug-likeness (QED) is 0.292. The van der Waals surface area contributed by atoms with Crippen molar-refractivity contribution in [3.63, 3.8) is 0 Å². The van der Waals surface area contributed by atoms with Crippen molar-refractivity contribution in [2.45, 2.75) is 32.5 Å². The number of aromatic nitrogens is 2. The number of halogens is 1. The fraction of sp³-hybridized carbons (Fsp3) is 0.240. The highest BCUT2D eigenvalue weighted by Gasteiger charge is 2.24. The zero-order chi connectivity index (χ0) is 23.6. The third kappa shape index (κ3) is 7.12. The van der Waals surface area contributed by atoms with Gasteiger partial charge in [-0.05, 0) is 55.7 Å². The maximum absolute atomic E-state index is 12.5. The van der Waals surface area contributed by atoms with Crippen molar-refractivity contribution < 1.29 is 14.6 Å². The molecule has 0 aliphatic rings. The van der Waals surface area contributed by atoms with Gasteiger partial charge in [-0.1, -0.05) is 48.0 Å². The molecule has 3 N–H and O–H groups in total. The first kappa shape index (κ1) is 24.4. The molecule has 2 aromatic carbocycles. The number of hydrogen-bond donors (Lipinski definition) is 3. The molecule has 172 valence electrons. The molecule has 1 aromatic heterocycles. The summed E-state index contributed by atoms with van der Waals surface area (Å²) in [5, 5.41) is 17.2. The number of hydrogen-bond acceptors (Lipinski definition) is 7. The van der Waals surface area contributed by atoms with Gasteiger partial charge in [0.1, 0.15) is 12.3 Å². The summed E-state index contributed by atoms with van der Waals surface area (Å²) in [4.78, 5) is 20.7. The van der Waals surface area contributed by atoms with E-state index in [1.807, 2.05) is 55.5 Å². The van der Waals surface area contributed by atoms with Crippen molar-refractivity contribution in [1.82, 2.24) is 15.3 Å². The second kappa shape index (κ2) is 12.1. The Morgan fingerprint density at radius 1 is 1.15 bits per heavy atom. The first-order valence-corrected chi connectivity index (χ1v) is 11.0. The molecule has 0 radical (unpaired) electrons. The van der Waals surface area contributed by atoms with Gasteiger partial charge in [0.25, 0.3) is 0 Å². The number of esters is 1. The Hall–Kier alpha value is -3.26. The molecule has 0 aliphatic carbocycles. The molecular weight excluding hydrogens is 440 g/mol. The van der Waals surface area contributed by atoms with E-state index in [-0.39, 0.29) is 6.61 Å². The Morgan fingerprint density at radius 2 is 1.88 bits per heavy atom. The van der Waals surface area contributed by atoms with E-state index >= 15 is 0 Å². The Kier molecular flexibility index (Phi) is 8.95. The number of aryl methyl sites for hydroxylation is 1. The van der Waals surface area contributed by atoms with Gasteiger partial charge in [-0.15, -0.1) is 0 Å². The number of anilines is 2. The highest BCUT2D eigenvalue weighted by atomic mass is 35.5. The van der Waals surface area contributed by atoms with Gasteiger partial charge >= 0.3 is 5.97 Å². The average molecular weight is 467 g/mol. The Morgan fingerprint density at radius 3 is 2.55 bits per heavy atom. The Balaban J connectivity index is 1.65. The minimum absolute atomic E-state index is 0.252. The molecule has 0 saturated heterocycles. The van der Waals surface area contributed by atoms with E-state index in [0.29, 0.717) is 23.0 Å². The highest BCUT2D eigenvalue weighted by Crippen LogP contribution is 2.25. The topological polar surface area (TPSA) is 96.4 Å². The van der Waals surface area contributed by atoms with Crippen LogP contribution in [0.5, 0.6) is 0 Å². The van der Waals surface area contributed by atoms with Gasteiger partial charge in [-0.3, -0.25) is 10.1 Å². The summed E-state index contributed by atoms with van der Waals surface area (Å²) in [5.41, 5.74) is 3.19. The smallest absolute Gasteiger partial charge is 0.323 e. The van der Waals surface area contributed by atoms with Crippen molar-refractivity contribution in [3.05, 3.63) is 88.7 Å². The van der Waals surface area contributed by atoms with Gasteiger partial charge in [0.2, 0.25) is 5.95 Å². The lowest BCUT2D eigenvalue weighted by Gasteiger charge is -2.22. The number of ether oxygens (including phenoxy) is 1. The van der Waals surface area contributed by atoms with Crippen molar-refractivity contribution in [1.29, 1.82) is 0 Å². The van der Waals surface area contributed by atoms with Crippen LogP contribution in [0.2, 0.25) is 5.02 Å². The fourth-order valence-electron chi connectivity index (χ4n) is 3.25. The van der Waals surface area contributed by atoms with E-state index in [0.717, 1.165) is 16.8 Å². The van der Waals surface area contributed by atoms with Crippen molar-refractivity contribution in [3.8, 4) is 0 Å². The lowest BCUT2D eigenvalue weighted by molar-refractivity contribution is -0.146. The normalized spacial score (nSPS) is 13.0. The van der Waals surface area contributed by atoms with E-state index < -0.39 is 18.2 Å². The van der Waals surface area contributed by atoms with E-state index in [2.05, 4.69) is 20.6 Å². The van der Waals surface area contributed by atoms with E-state index in [4.69, 9.17) is 16.3 Å². The van der Waals surface area contributed by atoms with Crippen LogP contribution in [0.25, 0.3) is 6.08 Å². The summed E-state index contributed by atoms with van der Waals surface area (Å²) >= 11 is 6.25. The van der Waals surface area contributed by atoms with Gasteiger partial charge < -0.3 is 15.2 Å². The van der Waals surface area contributed by atoms with Crippen LogP contribution in [0.4, 0.5) is 11.6 Å². The second-order valence-electron chi connectivity index (χ2n) is 7.30. The third-order valence-electron chi connectivity index (χ3n) is 4.89. The number of carbonyl (C=O) groups is 1. The third-order valence-corrected chi connectivity index (χ3v) is 5.22. The van der Waals surface area contributed by atoms with Gasteiger partial charge in [0, 0.05) is 28.7 Å². The van der Waals surface area contributed by atoms with Crippen molar-refractivity contribution in [2.75, 3.05) is 11.9 Å². The lowest BCUT2D eigenvalue weighted by Crippen LogP contribution is -2.40. The number of nitrogens with zero attached hydrogens (tertiary/aromatic N) is 2. The van der Waals surface area contributed by atoms with Crippen LogP contribution >= 0.6 is 11.6 Å². The number of aliphatic hydroxyl groups excluding tert-OH is 1. The molecule has 7 nitrogen and oxygen atoms in total. The molecule has 0 amide bonds. The van der Waals surface area contributed by atoms with Crippen LogP contribution in [0.1, 0.15) is 36.3 Å². The summed E-state index contributed by atoms with van der Waals surface area (Å²) in [7, 11) is 0. The van der Waals surface area contributed by atoms with Gasteiger partial charge in [0.05, 0.1) is 6.61 Å². The Bertz CT molecular complexity index is 1050. The van der Waals surface area contributed by atoms with Crippen LogP contribution in [0, 0.1) is 6.92 Å². The number of carbonyl (C=O) groups excluding carboxylic acids is 1. The maximum atomic E-state index is 12.5. The molecule has 0 bridgehead atoms. The first-order valence-electron chi connectivity index (χ1n) is 10.6. The minimum atomic E-state index is -1.10. The summed E-state index contributed by atoms with van der Waals surface area (Å²) in [6, 6.07) is 14.1. The fourth-order valence-corrected chi connectivity index (χ4v) is 3.58. The number of rotatable bonds is 10. The summed E-state index contributed by atoms with van der Waals surface area (Å²) in [6.45, 7) is 3.85. The molecule has 0 spiro atoms. The van der Waals surface area contributed by atoms with E-state index in [9.17, 15) is 9.90 Å². The van der Waals surface area contributed by atoms with Gasteiger partial charge in [0.15, 0.2) is 0 Å². The molecule has 8 heteroatoms. The standard InChI is InChI=1S/C25H27ClN4O3/c1-3-33-24(32)21(30-23(31)22-17(2)7-4-9-20(22)26)10-5-8-18-11-13-19(14-12-18)29-25-27-15-6-16-28-25/h4-9,11-16,21,23,30-31H,3,10H2,1-2H3,(H,27,28,29)/b8-5+. The van der Waals surface area contributed by atoms with E-state index in [1.165, 1.54) is 0 Å². The summed E-state index contributed by atoms with van der Waals surface area (Å²) in [6.07, 6.45) is 6.34. The van der Waals surface area contributed by atoms with Gasteiger partial charge in [-0.2, -0.15) is 0 Å². The zero-order valence-corrected chi connectivity index (χ0v) is 19.3. The second-order valence-corrected chi connectivity index (χ2v) is 7.71. The molecule has 2 unspecified atom stereocenters. The molecule has 3 aromatic rings. The van der Waals surface area contributed by atoms with Crippen LogP contribution in [0.3, 0.4) is 0 Å². The highest BCUT2D eigenvalue weighted by molar-refractivity contribution is 6.31. The molecular formula is C25H27ClN4O3. The SMILES string of the molecule is CCOC(=O)C(C/C=C/c1ccc(Nc2ncccn2)cc1)NC(O)c1c(C)cccc1Cl. The lowest BCUT2D eigenvalue weighted by atomic mass is 10.1. The van der Waals surface area contributed by atoms with Gasteiger partial charge in [-0.25, -0.2) is 9.97 Å². The summed E-state index contributed by atoms with van der Waals surface area (Å²) in [5.74, 6) is 0.0878. The van der Waals surface area contributed by atoms with Crippen LogP contribution in [0.15, 0.2) is 67.0 Å². The average Bonchev–Trinajstić information content (AvgIpc) is 2.80. The zero-order valence-electron chi connectivity index (χ0n) is 18.5. The molecule has 3 rings (SSSR count). The predicted octanol–water partition coefficient (Wildman–Crippen LogP) is 4.80. The molecule has 1 heterocycles. The van der Waals surface area contributed by atoms with Crippen molar-refractivity contribution >= 4 is 35.3 Å². The molecule has 33 heavy (non-hydrogen) atoms. The van der Waals surface area contributed by atoms with E-state index in [1.54, 1.807) is 31.5 Å². The number of aliphatic hydroxyl groups is 1. The molecule has 2 atom stereocenters. The molecule has 0 aliphatic heterocycles. The maximum Gasteiger partial charge on any atom is 0.323 e. The predicted molar refractivity (Wildman–Crippen MR) is 130 cm³/mol. The van der Waals surface area contributed by atoms with Crippen LogP contribution in [-0.4, -0.2) is 33.7 Å². The van der Waals surface area contributed by atoms with Crippen molar-refractivity contribution in [2.24, 2.45) is 0 Å². The first-order chi connectivity index (χ1) is 16.0. The Labute approximate surface area is 198 Å².